The Balaban J connectivity index is 1.74. The average Bonchev–Trinajstić information content (AvgIpc) is 3.09. The summed E-state index contributed by atoms with van der Waals surface area (Å²) in [7, 11) is 0. The van der Waals surface area contributed by atoms with Crippen LogP contribution in [0, 0.1) is 0 Å². The lowest BCUT2D eigenvalue weighted by atomic mass is 10.2. The molecule has 7 nitrogen and oxygen atoms in total. The van der Waals surface area contributed by atoms with Gasteiger partial charge in [-0.2, -0.15) is 4.98 Å². The molecule has 0 unspecified atom stereocenters. The second-order valence-electron chi connectivity index (χ2n) is 5.24. The van der Waals surface area contributed by atoms with Crippen molar-refractivity contribution in [2.45, 2.75) is 32.4 Å². The third-order valence-corrected chi connectivity index (χ3v) is 3.76. The lowest BCUT2D eigenvalue weighted by molar-refractivity contribution is -0.128. The van der Waals surface area contributed by atoms with E-state index in [0.29, 0.717) is 22.9 Å². The van der Waals surface area contributed by atoms with Gasteiger partial charge in [0.2, 0.25) is 0 Å². The van der Waals surface area contributed by atoms with Gasteiger partial charge in [-0.15, -0.1) is 0 Å². The lowest BCUT2D eigenvalue weighted by Crippen LogP contribution is -2.31. The number of aromatic nitrogens is 2. The van der Waals surface area contributed by atoms with Crippen LogP contribution in [0.15, 0.2) is 28.8 Å². The number of hydrogen-bond donors (Lipinski definition) is 1. The monoisotopic (exact) mass is 334 g/mol. The zero-order valence-electron chi connectivity index (χ0n) is 12.5. The Labute approximate surface area is 137 Å². The van der Waals surface area contributed by atoms with Crippen LogP contribution in [-0.2, 0) is 11.3 Å². The van der Waals surface area contributed by atoms with Crippen molar-refractivity contribution in [1.82, 2.24) is 20.4 Å². The highest BCUT2D eigenvalue weighted by molar-refractivity contribution is 6.30. The molecule has 0 aliphatic carbocycles. The Morgan fingerprint density at radius 3 is 2.96 bits per heavy atom. The lowest BCUT2D eigenvalue weighted by Gasteiger charge is -2.09. The minimum absolute atomic E-state index is 0.0189. The van der Waals surface area contributed by atoms with E-state index in [1.54, 1.807) is 24.3 Å². The molecule has 120 valence electrons. The first-order valence-electron chi connectivity index (χ1n) is 7.29. The van der Waals surface area contributed by atoms with Gasteiger partial charge >= 0.3 is 6.03 Å². The number of amides is 3. The van der Waals surface area contributed by atoms with Crippen molar-refractivity contribution in [2.24, 2.45) is 0 Å². The van der Waals surface area contributed by atoms with Crippen molar-refractivity contribution in [3.63, 3.8) is 0 Å². The molecule has 2 heterocycles. The minimum atomic E-state index is -0.466. The van der Waals surface area contributed by atoms with Crippen LogP contribution in [0.1, 0.15) is 25.6 Å². The molecule has 1 aromatic heterocycles. The topological polar surface area (TPSA) is 88.3 Å². The van der Waals surface area contributed by atoms with Crippen molar-refractivity contribution in [3.05, 3.63) is 35.1 Å². The van der Waals surface area contributed by atoms with Gasteiger partial charge in [-0.1, -0.05) is 36.2 Å². The first-order chi connectivity index (χ1) is 11.1. The van der Waals surface area contributed by atoms with E-state index in [0.717, 1.165) is 11.3 Å². The Kier molecular flexibility index (Phi) is 4.29. The zero-order chi connectivity index (χ0) is 16.4. The summed E-state index contributed by atoms with van der Waals surface area (Å²) in [6.07, 6.45) is 1.42. The fourth-order valence-corrected chi connectivity index (χ4v) is 2.60. The van der Waals surface area contributed by atoms with E-state index in [9.17, 15) is 9.59 Å². The standard InChI is InChI=1S/C15H15ClN4O3/c1-2-4-11-14(21)20(15(22)17-11)8-12-18-13(23-19-12)9-5-3-6-10(16)7-9/h3,5-7,11H,2,4,8H2,1H3,(H,17,22)/t11-/m1/s1. The van der Waals surface area contributed by atoms with E-state index in [-0.39, 0.29) is 18.3 Å². The maximum Gasteiger partial charge on any atom is 0.325 e. The number of nitrogens with one attached hydrogen (secondary N) is 1. The number of benzene rings is 1. The number of carbonyl (C=O) groups excluding carboxylic acids is 2. The summed E-state index contributed by atoms with van der Waals surface area (Å²) in [4.78, 5) is 29.4. The van der Waals surface area contributed by atoms with Crippen LogP contribution in [0.4, 0.5) is 4.79 Å². The first kappa shape index (κ1) is 15.5. The second kappa shape index (κ2) is 6.37. The van der Waals surface area contributed by atoms with Gasteiger partial charge in [0.05, 0.1) is 6.54 Å². The van der Waals surface area contributed by atoms with E-state index in [4.69, 9.17) is 16.1 Å². The highest BCUT2D eigenvalue weighted by atomic mass is 35.5. The summed E-state index contributed by atoms with van der Waals surface area (Å²) < 4.78 is 5.17. The third kappa shape index (κ3) is 3.19. The molecule has 1 saturated heterocycles. The second-order valence-corrected chi connectivity index (χ2v) is 5.68. The maximum absolute atomic E-state index is 12.2. The molecular formula is C15H15ClN4O3. The van der Waals surface area contributed by atoms with Crippen LogP contribution in [0.2, 0.25) is 5.02 Å². The number of urea groups is 1. The van der Waals surface area contributed by atoms with E-state index in [2.05, 4.69) is 15.5 Å². The molecule has 23 heavy (non-hydrogen) atoms. The Morgan fingerprint density at radius 2 is 2.22 bits per heavy atom. The predicted octanol–water partition coefficient (Wildman–Crippen LogP) is 2.61. The van der Waals surface area contributed by atoms with Gasteiger partial charge in [0.15, 0.2) is 5.82 Å². The molecule has 1 fully saturated rings. The third-order valence-electron chi connectivity index (χ3n) is 3.52. The van der Waals surface area contributed by atoms with Crippen LogP contribution in [0.3, 0.4) is 0 Å². The van der Waals surface area contributed by atoms with Crippen LogP contribution >= 0.6 is 11.6 Å². The Bertz CT molecular complexity index is 746. The molecule has 0 saturated carbocycles. The number of halogens is 1. The molecule has 2 aromatic rings. The van der Waals surface area contributed by atoms with E-state index in [1.165, 1.54) is 0 Å². The highest BCUT2D eigenvalue weighted by Crippen LogP contribution is 2.22. The summed E-state index contributed by atoms with van der Waals surface area (Å²) >= 11 is 5.93. The van der Waals surface area contributed by atoms with Gasteiger partial charge in [0, 0.05) is 10.6 Å². The first-order valence-corrected chi connectivity index (χ1v) is 7.66. The van der Waals surface area contributed by atoms with Crippen LogP contribution < -0.4 is 5.32 Å². The summed E-state index contributed by atoms with van der Waals surface area (Å²) in [5.41, 5.74) is 0.678. The number of carbonyl (C=O) groups is 2. The van der Waals surface area contributed by atoms with Crippen molar-refractivity contribution in [1.29, 1.82) is 0 Å². The quantitative estimate of drug-likeness (QED) is 0.849. The zero-order valence-corrected chi connectivity index (χ0v) is 13.2. The molecular weight excluding hydrogens is 320 g/mol. The average molecular weight is 335 g/mol. The molecule has 3 rings (SSSR count). The highest BCUT2D eigenvalue weighted by Gasteiger charge is 2.37. The molecule has 3 amide bonds. The molecule has 1 aliphatic rings. The molecule has 0 radical (unpaired) electrons. The van der Waals surface area contributed by atoms with Crippen molar-refractivity contribution < 1.29 is 14.1 Å². The van der Waals surface area contributed by atoms with Gasteiger partial charge in [0.25, 0.3) is 11.8 Å². The van der Waals surface area contributed by atoms with Crippen molar-refractivity contribution >= 4 is 23.5 Å². The van der Waals surface area contributed by atoms with Gasteiger partial charge in [-0.05, 0) is 24.6 Å². The van der Waals surface area contributed by atoms with Gasteiger partial charge in [0.1, 0.15) is 6.04 Å². The summed E-state index contributed by atoms with van der Waals surface area (Å²) in [5.74, 6) is 0.297. The largest absolute Gasteiger partial charge is 0.334 e. The summed E-state index contributed by atoms with van der Waals surface area (Å²) in [6, 6.07) is 6.10. The predicted molar refractivity (Wildman–Crippen MR) is 82.5 cm³/mol. The molecule has 8 heteroatoms. The van der Waals surface area contributed by atoms with Gasteiger partial charge in [-0.25, -0.2) is 4.79 Å². The summed E-state index contributed by atoms with van der Waals surface area (Å²) in [6.45, 7) is 1.94. The van der Waals surface area contributed by atoms with Crippen LogP contribution in [0.5, 0.6) is 0 Å². The number of rotatable bonds is 5. The smallest absolute Gasteiger partial charge is 0.325 e. The molecule has 0 bridgehead atoms. The molecule has 1 atom stereocenters. The minimum Gasteiger partial charge on any atom is -0.334 e. The fourth-order valence-electron chi connectivity index (χ4n) is 2.41. The van der Waals surface area contributed by atoms with Gasteiger partial charge in [-0.3, -0.25) is 9.69 Å². The molecule has 1 N–H and O–H groups in total. The molecule has 0 spiro atoms. The number of nitrogens with zero attached hydrogens (tertiary/aromatic N) is 3. The SMILES string of the molecule is CCC[C@H]1NC(=O)N(Cc2noc(-c3cccc(Cl)c3)n2)C1=O. The summed E-state index contributed by atoms with van der Waals surface area (Å²) in [5, 5.41) is 7.03. The normalized spacial score (nSPS) is 17.7. The van der Waals surface area contributed by atoms with Crippen LogP contribution in [-0.4, -0.2) is 33.0 Å². The number of imide groups is 1. The fraction of sp³-hybridized carbons (Fsp3) is 0.333. The molecule has 1 aromatic carbocycles. The van der Waals surface area contributed by atoms with Crippen molar-refractivity contribution in [3.8, 4) is 11.5 Å². The Hall–Kier alpha value is -2.41. The maximum atomic E-state index is 12.2. The van der Waals surface area contributed by atoms with Crippen molar-refractivity contribution in [2.75, 3.05) is 0 Å². The Morgan fingerprint density at radius 1 is 1.39 bits per heavy atom. The van der Waals surface area contributed by atoms with E-state index >= 15 is 0 Å². The van der Waals surface area contributed by atoms with Crippen LogP contribution in [0.25, 0.3) is 11.5 Å². The number of hydrogen-bond acceptors (Lipinski definition) is 5. The van der Waals surface area contributed by atoms with E-state index < -0.39 is 12.1 Å². The molecule has 1 aliphatic heterocycles. The van der Waals surface area contributed by atoms with E-state index in [1.807, 2.05) is 6.92 Å². The van der Waals surface area contributed by atoms with Gasteiger partial charge < -0.3 is 9.84 Å².